The minimum Gasteiger partial charge on any atom is -0.330 e. The smallest absolute Gasteiger partial charge is 0.330 e. The average molecular weight is 331 g/mol. The molecule has 1 aromatic rings. The number of hydrogen-bond donors (Lipinski definition) is 2. The van der Waals surface area contributed by atoms with Gasteiger partial charge in [-0.3, -0.25) is 0 Å². The molecule has 0 saturated heterocycles. The van der Waals surface area contributed by atoms with Gasteiger partial charge in [-0.25, -0.2) is 13.1 Å². The van der Waals surface area contributed by atoms with Gasteiger partial charge in [0.05, 0.1) is 10.6 Å². The van der Waals surface area contributed by atoms with E-state index in [-0.39, 0.29) is 6.54 Å². The molecule has 114 valence electrons. The van der Waals surface area contributed by atoms with Gasteiger partial charge in [-0.1, -0.05) is 17.7 Å². The van der Waals surface area contributed by atoms with Crippen molar-refractivity contribution in [2.45, 2.75) is 23.9 Å². The second kappa shape index (κ2) is 6.75. The number of hydrogen-bond acceptors (Lipinski definition) is 3. The highest BCUT2D eigenvalue weighted by atomic mass is 35.5. The molecule has 1 aromatic carbocycles. The molecule has 0 aliphatic rings. The second-order valence-corrected chi connectivity index (χ2v) is 6.12. The lowest BCUT2D eigenvalue weighted by atomic mass is 10.2. The van der Waals surface area contributed by atoms with Crippen LogP contribution in [0.15, 0.2) is 23.1 Å². The van der Waals surface area contributed by atoms with Crippen molar-refractivity contribution < 1.29 is 21.6 Å². The normalized spacial score (nSPS) is 12.7. The van der Waals surface area contributed by atoms with Crippen LogP contribution < -0.4 is 10.5 Å². The van der Waals surface area contributed by atoms with Gasteiger partial charge in [0.2, 0.25) is 10.0 Å². The average Bonchev–Trinajstić information content (AvgIpc) is 2.33. The number of rotatable bonds is 6. The molecule has 0 heterocycles. The fourth-order valence-corrected chi connectivity index (χ4v) is 3.39. The number of nitrogens with one attached hydrogen (secondary N) is 1. The van der Waals surface area contributed by atoms with Crippen molar-refractivity contribution in [1.29, 1.82) is 0 Å². The summed E-state index contributed by atoms with van der Waals surface area (Å²) in [5.74, 6) is 0. The van der Waals surface area contributed by atoms with Crippen LogP contribution in [0.5, 0.6) is 0 Å². The fraction of sp³-hybridized carbons (Fsp3) is 0.455. The summed E-state index contributed by atoms with van der Waals surface area (Å²) < 4.78 is 64.5. The summed E-state index contributed by atoms with van der Waals surface area (Å²) in [5.41, 5.74) is 3.97. The van der Waals surface area contributed by atoms with E-state index in [2.05, 4.69) is 4.72 Å². The number of unbranched alkanes of at least 4 members (excludes halogenated alkanes) is 1. The number of nitrogens with two attached hydrogens (primary N) is 1. The third-order valence-corrected chi connectivity index (χ3v) is 4.45. The van der Waals surface area contributed by atoms with Gasteiger partial charge in [-0.15, -0.1) is 0 Å². The zero-order valence-corrected chi connectivity index (χ0v) is 11.9. The van der Waals surface area contributed by atoms with Crippen LogP contribution in [-0.4, -0.2) is 21.5 Å². The van der Waals surface area contributed by atoms with Crippen molar-refractivity contribution in [3.8, 4) is 0 Å². The summed E-state index contributed by atoms with van der Waals surface area (Å²) in [6.07, 6.45) is -3.80. The minimum absolute atomic E-state index is 0.00204. The number of sulfonamides is 1. The fourth-order valence-electron chi connectivity index (χ4n) is 1.55. The highest BCUT2D eigenvalue weighted by Crippen LogP contribution is 2.37. The van der Waals surface area contributed by atoms with Gasteiger partial charge >= 0.3 is 6.18 Å². The Kier molecular flexibility index (Phi) is 5.81. The van der Waals surface area contributed by atoms with E-state index in [0.29, 0.717) is 25.5 Å². The molecule has 0 aliphatic carbocycles. The van der Waals surface area contributed by atoms with Crippen molar-refractivity contribution in [3.05, 3.63) is 28.8 Å². The molecule has 0 aromatic heterocycles. The van der Waals surface area contributed by atoms with Gasteiger partial charge in [-0.05, 0) is 31.5 Å². The number of alkyl halides is 3. The first-order valence-corrected chi connectivity index (χ1v) is 7.61. The van der Waals surface area contributed by atoms with Crippen molar-refractivity contribution >= 4 is 21.6 Å². The molecule has 0 unspecified atom stereocenters. The third kappa shape index (κ3) is 4.34. The van der Waals surface area contributed by atoms with Crippen LogP contribution in [0, 0.1) is 0 Å². The molecule has 0 saturated carbocycles. The standard InChI is InChI=1S/C11H14ClF3N2O2S/c12-9-5-3-4-8(11(13,14)15)10(9)20(18,19)17-7-2-1-6-16/h3-5,17H,1-2,6-7,16H2. The van der Waals surface area contributed by atoms with Gasteiger partial charge in [-0.2, -0.15) is 13.2 Å². The maximum atomic E-state index is 12.8. The molecule has 0 bridgehead atoms. The maximum absolute atomic E-state index is 12.8. The van der Waals surface area contributed by atoms with Crippen LogP contribution in [0.4, 0.5) is 13.2 Å². The molecule has 0 radical (unpaired) electrons. The molecule has 9 heteroatoms. The van der Waals surface area contributed by atoms with Gasteiger partial charge < -0.3 is 5.73 Å². The Bertz CT molecular complexity index is 561. The van der Waals surface area contributed by atoms with Crippen molar-refractivity contribution in [1.82, 2.24) is 4.72 Å². The Morgan fingerprint density at radius 2 is 1.90 bits per heavy atom. The van der Waals surface area contributed by atoms with Gasteiger partial charge in [0.1, 0.15) is 4.90 Å². The Hall–Kier alpha value is -0.830. The van der Waals surface area contributed by atoms with Gasteiger partial charge in [0.25, 0.3) is 0 Å². The Morgan fingerprint density at radius 1 is 1.25 bits per heavy atom. The van der Waals surface area contributed by atoms with E-state index in [4.69, 9.17) is 17.3 Å². The molecule has 1 rings (SSSR count). The highest BCUT2D eigenvalue weighted by molar-refractivity contribution is 7.89. The van der Waals surface area contributed by atoms with E-state index in [1.165, 1.54) is 0 Å². The first-order chi connectivity index (χ1) is 9.20. The van der Waals surface area contributed by atoms with E-state index in [1.807, 2.05) is 0 Å². The van der Waals surface area contributed by atoms with Crippen LogP contribution in [0.2, 0.25) is 5.02 Å². The van der Waals surface area contributed by atoms with Crippen LogP contribution >= 0.6 is 11.6 Å². The van der Waals surface area contributed by atoms with Crippen LogP contribution in [0.1, 0.15) is 18.4 Å². The monoisotopic (exact) mass is 330 g/mol. The molecule has 20 heavy (non-hydrogen) atoms. The Balaban J connectivity index is 3.11. The zero-order valence-electron chi connectivity index (χ0n) is 10.4. The molecule has 0 aliphatic heterocycles. The van der Waals surface area contributed by atoms with E-state index in [9.17, 15) is 21.6 Å². The zero-order chi connectivity index (χ0) is 15.4. The lowest BCUT2D eigenvalue weighted by Crippen LogP contribution is -2.28. The van der Waals surface area contributed by atoms with Crippen molar-refractivity contribution in [2.24, 2.45) is 5.73 Å². The summed E-state index contributed by atoms with van der Waals surface area (Å²) in [6, 6.07) is 2.84. The molecule has 3 N–H and O–H groups in total. The van der Waals surface area contributed by atoms with Crippen LogP contribution in [-0.2, 0) is 16.2 Å². The number of halogens is 4. The maximum Gasteiger partial charge on any atom is 0.417 e. The molecule has 0 amide bonds. The van der Waals surface area contributed by atoms with Crippen LogP contribution in [0.25, 0.3) is 0 Å². The van der Waals surface area contributed by atoms with Gasteiger partial charge in [0, 0.05) is 6.54 Å². The summed E-state index contributed by atoms with van der Waals surface area (Å²) in [4.78, 5) is -0.943. The molecular formula is C11H14ClF3N2O2S. The topological polar surface area (TPSA) is 72.2 Å². The third-order valence-electron chi connectivity index (χ3n) is 2.46. The van der Waals surface area contributed by atoms with Gasteiger partial charge in [0.15, 0.2) is 0 Å². The van der Waals surface area contributed by atoms with E-state index < -0.39 is 31.7 Å². The predicted octanol–water partition coefficient (Wildman–Crippen LogP) is 2.38. The summed E-state index contributed by atoms with van der Waals surface area (Å²) in [6.45, 7) is 0.379. The first-order valence-electron chi connectivity index (χ1n) is 5.75. The molecule has 0 fully saturated rings. The minimum atomic E-state index is -4.80. The second-order valence-electron chi connectivity index (χ2n) is 4.01. The summed E-state index contributed by atoms with van der Waals surface area (Å²) in [7, 11) is -4.33. The Morgan fingerprint density at radius 3 is 2.45 bits per heavy atom. The SMILES string of the molecule is NCCCCNS(=O)(=O)c1c(Cl)cccc1C(F)(F)F. The van der Waals surface area contributed by atoms with E-state index in [1.54, 1.807) is 0 Å². The lowest BCUT2D eigenvalue weighted by Gasteiger charge is -2.15. The van der Waals surface area contributed by atoms with E-state index >= 15 is 0 Å². The van der Waals surface area contributed by atoms with E-state index in [0.717, 1.165) is 12.1 Å². The largest absolute Gasteiger partial charge is 0.417 e. The molecular weight excluding hydrogens is 317 g/mol. The quantitative estimate of drug-likeness (QED) is 0.787. The summed E-state index contributed by atoms with van der Waals surface area (Å²) >= 11 is 5.62. The molecule has 0 spiro atoms. The lowest BCUT2D eigenvalue weighted by molar-refractivity contribution is -0.139. The van der Waals surface area contributed by atoms with Crippen molar-refractivity contribution in [2.75, 3.05) is 13.1 Å². The highest BCUT2D eigenvalue weighted by Gasteiger charge is 2.38. The Labute approximate surface area is 120 Å². The summed E-state index contributed by atoms with van der Waals surface area (Å²) in [5, 5.41) is -0.467. The molecule has 4 nitrogen and oxygen atoms in total. The van der Waals surface area contributed by atoms with Crippen molar-refractivity contribution in [3.63, 3.8) is 0 Å². The van der Waals surface area contributed by atoms with Crippen LogP contribution in [0.3, 0.4) is 0 Å². The molecule has 0 atom stereocenters. The predicted molar refractivity (Wildman–Crippen MR) is 69.9 cm³/mol. The number of benzene rings is 1. The first kappa shape index (κ1) is 17.2.